The summed E-state index contributed by atoms with van der Waals surface area (Å²) < 4.78 is 0. The fraction of sp³-hybridized carbons (Fsp3) is 0.400. The fourth-order valence-corrected chi connectivity index (χ4v) is 1.20. The van der Waals surface area contributed by atoms with E-state index in [0.29, 0.717) is 5.69 Å². The predicted molar refractivity (Wildman–Crippen MR) is 51.5 cm³/mol. The highest BCUT2D eigenvalue weighted by Crippen LogP contribution is 2.12. The van der Waals surface area contributed by atoms with E-state index in [-0.39, 0.29) is 6.04 Å². The van der Waals surface area contributed by atoms with E-state index in [9.17, 15) is 4.79 Å². The lowest BCUT2D eigenvalue weighted by molar-refractivity contribution is 0.111. The van der Waals surface area contributed by atoms with Gasteiger partial charge in [-0.25, -0.2) is 4.98 Å². The standard InChI is InChI=1S/C10H14N2O/c1-2-4-9(11)10-6-3-5-8(7-13)12-10/h3,5-7,9H,2,4,11H2,1H3/t9-/m1/s1. The van der Waals surface area contributed by atoms with Gasteiger partial charge in [0.1, 0.15) is 5.69 Å². The Bertz CT molecular complexity index is 286. The first-order chi connectivity index (χ1) is 6.27. The van der Waals surface area contributed by atoms with Crippen LogP contribution in [-0.4, -0.2) is 11.3 Å². The Morgan fingerprint density at radius 3 is 3.00 bits per heavy atom. The zero-order chi connectivity index (χ0) is 9.68. The SMILES string of the molecule is CCC[C@@H](N)c1cccc(C=O)n1. The smallest absolute Gasteiger partial charge is 0.168 e. The number of hydrogen-bond donors (Lipinski definition) is 1. The first kappa shape index (κ1) is 9.86. The molecule has 0 aliphatic carbocycles. The van der Waals surface area contributed by atoms with Crippen molar-refractivity contribution in [2.24, 2.45) is 5.73 Å². The number of aromatic nitrogens is 1. The van der Waals surface area contributed by atoms with Crippen LogP contribution < -0.4 is 5.73 Å². The third kappa shape index (κ3) is 2.63. The number of aldehydes is 1. The number of nitrogens with two attached hydrogens (primary N) is 1. The van der Waals surface area contributed by atoms with Crippen molar-refractivity contribution in [2.45, 2.75) is 25.8 Å². The fourth-order valence-electron chi connectivity index (χ4n) is 1.20. The monoisotopic (exact) mass is 178 g/mol. The summed E-state index contributed by atoms with van der Waals surface area (Å²) in [5.41, 5.74) is 7.10. The number of pyridine rings is 1. The van der Waals surface area contributed by atoms with Gasteiger partial charge in [-0.15, -0.1) is 0 Å². The maximum atomic E-state index is 10.4. The summed E-state index contributed by atoms with van der Waals surface area (Å²) >= 11 is 0. The van der Waals surface area contributed by atoms with Crippen molar-refractivity contribution in [1.82, 2.24) is 4.98 Å². The number of nitrogens with zero attached hydrogens (tertiary/aromatic N) is 1. The Kier molecular flexibility index (Phi) is 3.58. The molecule has 1 aromatic rings. The average Bonchev–Trinajstić information content (AvgIpc) is 2.18. The van der Waals surface area contributed by atoms with Gasteiger partial charge in [-0.2, -0.15) is 0 Å². The molecular weight excluding hydrogens is 164 g/mol. The lowest BCUT2D eigenvalue weighted by atomic mass is 10.1. The lowest BCUT2D eigenvalue weighted by Gasteiger charge is -2.09. The van der Waals surface area contributed by atoms with Crippen LogP contribution >= 0.6 is 0 Å². The van der Waals surface area contributed by atoms with Crippen LogP contribution in [0.15, 0.2) is 18.2 Å². The molecule has 1 aromatic heterocycles. The minimum Gasteiger partial charge on any atom is -0.323 e. The van der Waals surface area contributed by atoms with E-state index >= 15 is 0 Å². The minimum atomic E-state index is -0.0510. The number of carbonyl (C=O) groups excluding carboxylic acids is 1. The normalized spacial score (nSPS) is 12.5. The van der Waals surface area contributed by atoms with Crippen molar-refractivity contribution in [2.75, 3.05) is 0 Å². The highest BCUT2D eigenvalue weighted by atomic mass is 16.1. The molecule has 13 heavy (non-hydrogen) atoms. The lowest BCUT2D eigenvalue weighted by Crippen LogP contribution is -2.12. The second-order valence-corrected chi connectivity index (χ2v) is 3.00. The van der Waals surface area contributed by atoms with Crippen molar-refractivity contribution in [1.29, 1.82) is 0 Å². The molecule has 3 nitrogen and oxygen atoms in total. The molecule has 0 amide bonds. The van der Waals surface area contributed by atoms with Crippen LogP contribution in [0.5, 0.6) is 0 Å². The van der Waals surface area contributed by atoms with Crippen LogP contribution in [0.1, 0.15) is 42.0 Å². The third-order valence-electron chi connectivity index (χ3n) is 1.89. The van der Waals surface area contributed by atoms with E-state index in [2.05, 4.69) is 11.9 Å². The summed E-state index contributed by atoms with van der Waals surface area (Å²) in [7, 11) is 0. The van der Waals surface area contributed by atoms with Crippen LogP contribution in [-0.2, 0) is 0 Å². The Balaban J connectivity index is 2.81. The molecule has 0 aromatic carbocycles. The molecule has 0 spiro atoms. The molecule has 1 heterocycles. The molecule has 2 N–H and O–H groups in total. The predicted octanol–water partition coefficient (Wildman–Crippen LogP) is 1.69. The van der Waals surface area contributed by atoms with E-state index in [4.69, 9.17) is 5.73 Å². The van der Waals surface area contributed by atoms with E-state index in [1.807, 2.05) is 12.1 Å². The van der Waals surface area contributed by atoms with E-state index < -0.39 is 0 Å². The van der Waals surface area contributed by atoms with Gasteiger partial charge in [0.05, 0.1) is 5.69 Å². The first-order valence-corrected chi connectivity index (χ1v) is 4.45. The van der Waals surface area contributed by atoms with Crippen LogP contribution in [0.3, 0.4) is 0 Å². The maximum absolute atomic E-state index is 10.4. The Morgan fingerprint density at radius 1 is 1.62 bits per heavy atom. The molecule has 1 rings (SSSR count). The summed E-state index contributed by atoms with van der Waals surface area (Å²) in [5, 5.41) is 0. The van der Waals surface area contributed by atoms with Gasteiger partial charge in [-0.3, -0.25) is 4.79 Å². The van der Waals surface area contributed by atoms with E-state index in [1.54, 1.807) is 6.07 Å². The molecule has 3 heteroatoms. The molecule has 0 saturated carbocycles. The number of rotatable bonds is 4. The molecular formula is C10H14N2O. The van der Waals surface area contributed by atoms with Crippen LogP contribution in [0, 0.1) is 0 Å². The zero-order valence-corrected chi connectivity index (χ0v) is 7.73. The molecule has 0 saturated heterocycles. The molecule has 0 aliphatic rings. The summed E-state index contributed by atoms with van der Waals surface area (Å²) in [5.74, 6) is 0. The van der Waals surface area contributed by atoms with Gasteiger partial charge in [0.2, 0.25) is 0 Å². The van der Waals surface area contributed by atoms with Gasteiger partial charge >= 0.3 is 0 Å². The Morgan fingerprint density at radius 2 is 2.38 bits per heavy atom. The molecule has 0 unspecified atom stereocenters. The Hall–Kier alpha value is -1.22. The van der Waals surface area contributed by atoms with Gasteiger partial charge in [0.15, 0.2) is 6.29 Å². The average molecular weight is 178 g/mol. The summed E-state index contributed by atoms with van der Waals surface area (Å²) in [4.78, 5) is 14.6. The van der Waals surface area contributed by atoms with Gasteiger partial charge in [-0.05, 0) is 18.6 Å². The molecule has 0 radical (unpaired) electrons. The van der Waals surface area contributed by atoms with Crippen molar-refractivity contribution >= 4 is 6.29 Å². The summed E-state index contributed by atoms with van der Waals surface area (Å²) in [6, 6.07) is 5.29. The second kappa shape index (κ2) is 4.72. The third-order valence-corrected chi connectivity index (χ3v) is 1.89. The zero-order valence-electron chi connectivity index (χ0n) is 7.73. The minimum absolute atomic E-state index is 0.0510. The summed E-state index contributed by atoms with van der Waals surface area (Å²) in [6.07, 6.45) is 2.66. The van der Waals surface area contributed by atoms with Crippen LogP contribution in [0.4, 0.5) is 0 Å². The van der Waals surface area contributed by atoms with Gasteiger partial charge in [0.25, 0.3) is 0 Å². The van der Waals surface area contributed by atoms with E-state index in [0.717, 1.165) is 24.8 Å². The second-order valence-electron chi connectivity index (χ2n) is 3.00. The van der Waals surface area contributed by atoms with Crippen LogP contribution in [0.2, 0.25) is 0 Å². The van der Waals surface area contributed by atoms with Crippen molar-refractivity contribution in [3.05, 3.63) is 29.6 Å². The Labute approximate surface area is 78.0 Å². The number of hydrogen-bond acceptors (Lipinski definition) is 3. The molecule has 70 valence electrons. The first-order valence-electron chi connectivity index (χ1n) is 4.45. The quantitative estimate of drug-likeness (QED) is 0.714. The van der Waals surface area contributed by atoms with Crippen LogP contribution in [0.25, 0.3) is 0 Å². The molecule has 1 atom stereocenters. The topological polar surface area (TPSA) is 56.0 Å². The molecule has 0 aliphatic heterocycles. The molecule has 0 fully saturated rings. The van der Waals surface area contributed by atoms with Crippen molar-refractivity contribution < 1.29 is 4.79 Å². The highest BCUT2D eigenvalue weighted by molar-refractivity contribution is 5.71. The van der Waals surface area contributed by atoms with Gasteiger partial charge in [-0.1, -0.05) is 19.4 Å². The maximum Gasteiger partial charge on any atom is 0.168 e. The largest absolute Gasteiger partial charge is 0.323 e. The van der Waals surface area contributed by atoms with Gasteiger partial charge in [0, 0.05) is 6.04 Å². The van der Waals surface area contributed by atoms with Crippen molar-refractivity contribution in [3.63, 3.8) is 0 Å². The molecule has 0 bridgehead atoms. The van der Waals surface area contributed by atoms with Gasteiger partial charge < -0.3 is 5.73 Å². The van der Waals surface area contributed by atoms with E-state index in [1.165, 1.54) is 0 Å². The number of carbonyl (C=O) groups is 1. The van der Waals surface area contributed by atoms with Crippen molar-refractivity contribution in [3.8, 4) is 0 Å². The summed E-state index contributed by atoms with van der Waals surface area (Å²) in [6.45, 7) is 2.07. The highest BCUT2D eigenvalue weighted by Gasteiger charge is 2.05.